The number of thiazole rings is 1. The van der Waals surface area contributed by atoms with Crippen molar-refractivity contribution in [2.75, 3.05) is 6.26 Å². The highest BCUT2D eigenvalue weighted by molar-refractivity contribution is 8.00. The molecule has 96 valence electrons. The van der Waals surface area contributed by atoms with Gasteiger partial charge in [-0.25, -0.2) is 0 Å². The Kier molecular flexibility index (Phi) is 3.12. The predicted octanol–water partition coefficient (Wildman–Crippen LogP) is 2.29. The Bertz CT molecular complexity index is 793. The van der Waals surface area contributed by atoms with Gasteiger partial charge in [-0.15, -0.1) is 0 Å². The van der Waals surface area contributed by atoms with Gasteiger partial charge in [-0.05, 0) is 23.4 Å². The van der Waals surface area contributed by atoms with Crippen LogP contribution < -0.4 is 10.1 Å². The molecule has 0 bridgehead atoms. The average molecular weight is 290 g/mol. The van der Waals surface area contributed by atoms with Crippen LogP contribution in [0.5, 0.6) is 0 Å². The van der Waals surface area contributed by atoms with Gasteiger partial charge in [0.05, 0.1) is 0 Å². The Morgan fingerprint density at radius 3 is 2.74 bits per heavy atom. The molecule has 0 amide bonds. The second-order valence-electron chi connectivity index (χ2n) is 4.05. The van der Waals surface area contributed by atoms with Gasteiger partial charge in [0.15, 0.2) is 4.70 Å². The minimum Gasteiger partial charge on any atom is -0.288 e. The SMILES string of the molecule is CSc1sc2c(=O)[nH]c(C)nc2[n+]1-c1ccccc1. The first-order valence-corrected chi connectivity index (χ1v) is 7.79. The molecular weight excluding hydrogens is 278 g/mol. The minimum absolute atomic E-state index is 0.0718. The molecule has 0 unspecified atom stereocenters. The van der Waals surface area contributed by atoms with Crippen molar-refractivity contribution >= 4 is 33.4 Å². The second kappa shape index (κ2) is 4.79. The lowest BCUT2D eigenvalue weighted by Gasteiger charge is -1.98. The van der Waals surface area contributed by atoms with E-state index in [0.29, 0.717) is 10.5 Å². The zero-order valence-corrected chi connectivity index (χ0v) is 12.1. The van der Waals surface area contributed by atoms with Gasteiger partial charge < -0.3 is 0 Å². The number of fused-ring (bicyclic) bond motifs is 1. The van der Waals surface area contributed by atoms with E-state index < -0.39 is 0 Å². The molecule has 0 aliphatic rings. The van der Waals surface area contributed by atoms with E-state index in [9.17, 15) is 4.79 Å². The van der Waals surface area contributed by atoms with Crippen LogP contribution in [0.4, 0.5) is 0 Å². The van der Waals surface area contributed by atoms with Crippen LogP contribution in [-0.2, 0) is 0 Å². The molecule has 2 aromatic heterocycles. The highest BCUT2D eigenvalue weighted by atomic mass is 32.2. The van der Waals surface area contributed by atoms with Crippen LogP contribution in [-0.4, -0.2) is 16.2 Å². The topological polar surface area (TPSA) is 49.6 Å². The lowest BCUT2D eigenvalue weighted by Crippen LogP contribution is -2.32. The molecular formula is C13H12N3OS2+. The predicted molar refractivity (Wildman–Crippen MR) is 78.3 cm³/mol. The molecule has 4 nitrogen and oxygen atoms in total. The van der Waals surface area contributed by atoms with E-state index in [1.165, 1.54) is 11.3 Å². The van der Waals surface area contributed by atoms with Crippen LogP contribution in [0, 0.1) is 6.92 Å². The number of nitrogens with zero attached hydrogens (tertiary/aromatic N) is 2. The second-order valence-corrected chi connectivity index (χ2v) is 6.10. The highest BCUT2D eigenvalue weighted by Gasteiger charge is 2.24. The first kappa shape index (κ1) is 12.4. The normalized spacial score (nSPS) is 11.1. The molecule has 3 aromatic rings. The monoisotopic (exact) mass is 290 g/mol. The van der Waals surface area contributed by atoms with Crippen molar-refractivity contribution in [2.24, 2.45) is 0 Å². The number of aromatic nitrogens is 3. The standard InChI is InChI=1S/C13H11N3OS2/c1-8-14-11-10(12(17)15-8)19-13(18-2)16(11)9-6-4-3-5-7-9/h3-7H,1-2H3/p+1. The summed E-state index contributed by atoms with van der Waals surface area (Å²) in [5.41, 5.74) is 1.68. The molecule has 3 rings (SSSR count). The van der Waals surface area contributed by atoms with Crippen molar-refractivity contribution in [1.29, 1.82) is 0 Å². The van der Waals surface area contributed by atoms with E-state index in [1.54, 1.807) is 18.7 Å². The summed E-state index contributed by atoms with van der Waals surface area (Å²) in [5, 5.41) is 0. The van der Waals surface area contributed by atoms with Gasteiger partial charge in [0.1, 0.15) is 5.69 Å². The highest BCUT2D eigenvalue weighted by Crippen LogP contribution is 2.24. The maximum absolute atomic E-state index is 12.0. The first-order chi connectivity index (χ1) is 9.20. The molecule has 0 fully saturated rings. The van der Waals surface area contributed by atoms with Gasteiger partial charge in [0, 0.05) is 6.92 Å². The van der Waals surface area contributed by atoms with Crippen molar-refractivity contribution in [1.82, 2.24) is 9.97 Å². The van der Waals surface area contributed by atoms with Crippen LogP contribution >= 0.6 is 23.1 Å². The fourth-order valence-electron chi connectivity index (χ4n) is 1.96. The molecule has 1 aromatic carbocycles. The molecule has 0 saturated carbocycles. The molecule has 0 aliphatic heterocycles. The van der Waals surface area contributed by atoms with Crippen molar-refractivity contribution in [3.8, 4) is 5.69 Å². The average Bonchev–Trinajstić information content (AvgIpc) is 2.78. The molecule has 19 heavy (non-hydrogen) atoms. The first-order valence-electron chi connectivity index (χ1n) is 5.75. The zero-order chi connectivity index (χ0) is 13.4. The van der Waals surface area contributed by atoms with E-state index in [4.69, 9.17) is 0 Å². The molecule has 0 spiro atoms. The number of aromatic amines is 1. The van der Waals surface area contributed by atoms with Gasteiger partial charge in [-0.1, -0.05) is 41.3 Å². The third-order valence-electron chi connectivity index (χ3n) is 2.75. The smallest absolute Gasteiger partial charge is 0.288 e. The number of rotatable bonds is 2. The maximum Gasteiger partial charge on any atom is 0.355 e. The molecule has 1 N–H and O–H groups in total. The third kappa shape index (κ3) is 2.06. The summed E-state index contributed by atoms with van der Waals surface area (Å²) in [6, 6.07) is 9.98. The number of aryl methyl sites for hydroxylation is 1. The number of nitrogens with one attached hydrogen (secondary N) is 1. The van der Waals surface area contributed by atoms with Gasteiger partial charge >= 0.3 is 5.65 Å². The number of para-hydroxylation sites is 1. The quantitative estimate of drug-likeness (QED) is 0.582. The Morgan fingerprint density at radius 1 is 1.32 bits per heavy atom. The van der Waals surface area contributed by atoms with Gasteiger partial charge in [0.25, 0.3) is 5.56 Å². The summed E-state index contributed by atoms with van der Waals surface area (Å²) in [4.78, 5) is 19.2. The van der Waals surface area contributed by atoms with Crippen molar-refractivity contribution in [2.45, 2.75) is 11.3 Å². The Morgan fingerprint density at radius 2 is 2.05 bits per heavy atom. The molecule has 0 aliphatic carbocycles. The summed E-state index contributed by atoms with van der Waals surface area (Å²) >= 11 is 3.09. The summed E-state index contributed by atoms with van der Waals surface area (Å²) in [5.74, 6) is 0.632. The fraction of sp³-hybridized carbons (Fsp3) is 0.154. The summed E-state index contributed by atoms with van der Waals surface area (Å²) in [7, 11) is 0. The van der Waals surface area contributed by atoms with Gasteiger partial charge in [-0.2, -0.15) is 4.57 Å². The van der Waals surface area contributed by atoms with E-state index in [0.717, 1.165) is 15.7 Å². The fourth-order valence-corrected chi connectivity index (χ4v) is 3.75. The molecule has 0 saturated heterocycles. The Balaban J connectivity index is 2.43. The van der Waals surface area contributed by atoms with E-state index in [1.807, 2.05) is 41.2 Å². The summed E-state index contributed by atoms with van der Waals surface area (Å²) in [6.45, 7) is 1.80. The summed E-state index contributed by atoms with van der Waals surface area (Å²) in [6.07, 6.45) is 2.01. The van der Waals surface area contributed by atoms with Gasteiger partial charge in [-0.3, -0.25) is 9.78 Å². The lowest BCUT2D eigenvalue weighted by atomic mass is 10.3. The number of H-pyrrole nitrogens is 1. The molecule has 2 heterocycles. The van der Waals surface area contributed by atoms with E-state index in [-0.39, 0.29) is 5.56 Å². The number of hydrogen-bond acceptors (Lipinski definition) is 4. The Hall–Kier alpha value is -1.66. The van der Waals surface area contributed by atoms with Crippen LogP contribution in [0.15, 0.2) is 39.5 Å². The van der Waals surface area contributed by atoms with E-state index in [2.05, 4.69) is 9.97 Å². The Labute approximate surface area is 118 Å². The van der Waals surface area contributed by atoms with Crippen LogP contribution in [0.3, 0.4) is 0 Å². The van der Waals surface area contributed by atoms with Gasteiger partial charge in [0.2, 0.25) is 10.2 Å². The van der Waals surface area contributed by atoms with Crippen molar-refractivity contribution < 1.29 is 4.57 Å². The van der Waals surface area contributed by atoms with Crippen molar-refractivity contribution in [3.63, 3.8) is 0 Å². The number of thioether (sulfide) groups is 1. The van der Waals surface area contributed by atoms with Crippen LogP contribution in [0.25, 0.3) is 16.0 Å². The number of benzene rings is 1. The summed E-state index contributed by atoms with van der Waals surface area (Å²) < 4.78 is 3.75. The third-order valence-corrected chi connectivity index (χ3v) is 4.96. The molecule has 6 heteroatoms. The van der Waals surface area contributed by atoms with Crippen LogP contribution in [0.2, 0.25) is 0 Å². The molecule has 0 radical (unpaired) electrons. The maximum atomic E-state index is 12.0. The van der Waals surface area contributed by atoms with Crippen LogP contribution in [0.1, 0.15) is 5.82 Å². The largest absolute Gasteiger partial charge is 0.355 e. The molecule has 0 atom stereocenters. The lowest BCUT2D eigenvalue weighted by molar-refractivity contribution is -0.603. The number of hydrogen-bond donors (Lipinski definition) is 1. The zero-order valence-electron chi connectivity index (χ0n) is 10.5. The van der Waals surface area contributed by atoms with E-state index >= 15 is 0 Å². The minimum atomic E-state index is -0.0718. The van der Waals surface area contributed by atoms with Crippen molar-refractivity contribution in [3.05, 3.63) is 46.5 Å².